The Hall–Kier alpha value is -2.94. The average molecular weight is 275 g/mol. The fourth-order valence-electron chi connectivity index (χ4n) is 2.24. The van der Waals surface area contributed by atoms with Gasteiger partial charge in [0.25, 0.3) is 5.91 Å². The Morgan fingerprint density at radius 2 is 1.57 bits per heavy atom. The summed E-state index contributed by atoms with van der Waals surface area (Å²) < 4.78 is 0. The van der Waals surface area contributed by atoms with Crippen LogP contribution in [-0.4, -0.2) is 12.2 Å². The van der Waals surface area contributed by atoms with Crippen molar-refractivity contribution in [2.24, 2.45) is 0 Å². The number of hydrogen-bond donors (Lipinski definition) is 1. The van der Waals surface area contributed by atoms with Gasteiger partial charge >= 0.3 is 0 Å². The van der Waals surface area contributed by atoms with Crippen molar-refractivity contribution in [1.29, 1.82) is 0 Å². The predicted molar refractivity (Wildman–Crippen MR) is 83.7 cm³/mol. The third-order valence-corrected chi connectivity index (χ3v) is 3.35. The van der Waals surface area contributed by atoms with Crippen LogP contribution in [-0.2, 0) is 0 Å². The number of carbonyl (C=O) groups excluding carboxylic acids is 2. The molecule has 3 rings (SSSR count). The fraction of sp³-hybridized carbons (Fsp3) is 0. The quantitative estimate of drug-likeness (QED) is 0.737. The summed E-state index contributed by atoms with van der Waals surface area (Å²) in [6.45, 7) is 0. The molecule has 0 heterocycles. The third kappa shape index (κ3) is 2.67. The summed E-state index contributed by atoms with van der Waals surface area (Å²) >= 11 is 0. The van der Waals surface area contributed by atoms with Gasteiger partial charge in [-0.2, -0.15) is 0 Å². The van der Waals surface area contributed by atoms with Crippen molar-refractivity contribution < 1.29 is 9.59 Å². The fourth-order valence-corrected chi connectivity index (χ4v) is 2.24. The Morgan fingerprint density at radius 3 is 2.38 bits per heavy atom. The van der Waals surface area contributed by atoms with E-state index in [0.29, 0.717) is 16.8 Å². The molecule has 21 heavy (non-hydrogen) atoms. The zero-order chi connectivity index (χ0) is 14.7. The van der Waals surface area contributed by atoms with Gasteiger partial charge in [0.2, 0.25) is 0 Å². The Bertz CT molecular complexity index is 824. The lowest BCUT2D eigenvalue weighted by atomic mass is 10.1. The summed E-state index contributed by atoms with van der Waals surface area (Å²) in [4.78, 5) is 23.3. The van der Waals surface area contributed by atoms with E-state index in [-0.39, 0.29) is 5.91 Å². The largest absolute Gasteiger partial charge is 0.321 e. The highest BCUT2D eigenvalue weighted by Gasteiger charge is 2.09. The SMILES string of the molecule is O=Cc1ccccc1NC(=O)c1ccc2ccccc2c1. The monoisotopic (exact) mass is 275 g/mol. The van der Waals surface area contributed by atoms with Crippen molar-refractivity contribution in [2.75, 3.05) is 5.32 Å². The number of rotatable bonds is 3. The van der Waals surface area contributed by atoms with E-state index in [1.54, 1.807) is 30.3 Å². The third-order valence-electron chi connectivity index (χ3n) is 3.35. The molecule has 1 amide bonds. The molecule has 0 aliphatic carbocycles. The molecule has 0 bridgehead atoms. The van der Waals surface area contributed by atoms with Crippen LogP contribution < -0.4 is 5.32 Å². The normalized spacial score (nSPS) is 10.3. The number of amides is 1. The second-order valence-electron chi connectivity index (χ2n) is 4.72. The van der Waals surface area contributed by atoms with Crippen molar-refractivity contribution in [2.45, 2.75) is 0 Å². The van der Waals surface area contributed by atoms with Crippen LogP contribution in [0, 0.1) is 0 Å². The predicted octanol–water partition coefficient (Wildman–Crippen LogP) is 3.90. The van der Waals surface area contributed by atoms with E-state index in [2.05, 4.69) is 5.32 Å². The van der Waals surface area contributed by atoms with E-state index in [9.17, 15) is 9.59 Å². The lowest BCUT2D eigenvalue weighted by molar-refractivity contribution is 0.102. The number of anilines is 1. The number of hydrogen-bond acceptors (Lipinski definition) is 2. The number of nitrogens with one attached hydrogen (secondary N) is 1. The smallest absolute Gasteiger partial charge is 0.255 e. The van der Waals surface area contributed by atoms with E-state index < -0.39 is 0 Å². The van der Waals surface area contributed by atoms with Crippen LogP contribution in [0.3, 0.4) is 0 Å². The van der Waals surface area contributed by atoms with Crippen molar-refractivity contribution in [1.82, 2.24) is 0 Å². The second-order valence-corrected chi connectivity index (χ2v) is 4.72. The molecule has 0 saturated heterocycles. The van der Waals surface area contributed by atoms with Gasteiger partial charge in [0, 0.05) is 11.1 Å². The molecule has 0 unspecified atom stereocenters. The Morgan fingerprint density at radius 1 is 0.857 bits per heavy atom. The first-order valence-corrected chi connectivity index (χ1v) is 6.62. The zero-order valence-electron chi connectivity index (χ0n) is 11.2. The summed E-state index contributed by atoms with van der Waals surface area (Å²) in [6.07, 6.45) is 0.732. The van der Waals surface area contributed by atoms with Crippen LogP contribution in [0.2, 0.25) is 0 Å². The van der Waals surface area contributed by atoms with Gasteiger partial charge in [0.15, 0.2) is 6.29 Å². The van der Waals surface area contributed by atoms with Crippen molar-refractivity contribution in [3.63, 3.8) is 0 Å². The summed E-state index contributed by atoms with van der Waals surface area (Å²) in [6, 6.07) is 20.3. The second kappa shape index (κ2) is 5.59. The molecule has 0 aromatic heterocycles. The van der Waals surface area contributed by atoms with Gasteiger partial charge in [-0.15, -0.1) is 0 Å². The highest BCUT2D eigenvalue weighted by Crippen LogP contribution is 2.18. The lowest BCUT2D eigenvalue weighted by Gasteiger charge is -2.08. The summed E-state index contributed by atoms with van der Waals surface area (Å²) in [5.41, 5.74) is 1.55. The first kappa shape index (κ1) is 13.1. The highest BCUT2D eigenvalue weighted by molar-refractivity contribution is 6.08. The molecule has 3 aromatic rings. The first-order valence-electron chi connectivity index (χ1n) is 6.62. The molecule has 0 spiro atoms. The molecule has 0 fully saturated rings. The Balaban J connectivity index is 1.91. The summed E-state index contributed by atoms with van der Waals surface area (Å²) in [7, 11) is 0. The number of benzene rings is 3. The molecule has 3 heteroatoms. The van der Waals surface area contributed by atoms with Crippen molar-refractivity contribution >= 4 is 28.7 Å². The molecule has 102 valence electrons. The van der Waals surface area contributed by atoms with Gasteiger partial charge in [-0.05, 0) is 35.0 Å². The van der Waals surface area contributed by atoms with E-state index in [0.717, 1.165) is 17.1 Å². The van der Waals surface area contributed by atoms with Crippen LogP contribution in [0.15, 0.2) is 66.7 Å². The van der Waals surface area contributed by atoms with Crippen LogP contribution in [0.1, 0.15) is 20.7 Å². The molecule has 3 aromatic carbocycles. The van der Waals surface area contributed by atoms with E-state index in [1.165, 1.54) is 0 Å². The van der Waals surface area contributed by atoms with Gasteiger partial charge in [0.1, 0.15) is 0 Å². The van der Waals surface area contributed by atoms with E-state index in [4.69, 9.17) is 0 Å². The maximum Gasteiger partial charge on any atom is 0.255 e. The first-order chi connectivity index (χ1) is 10.3. The van der Waals surface area contributed by atoms with Crippen molar-refractivity contribution in [3.05, 3.63) is 77.9 Å². The Labute approximate surface area is 122 Å². The van der Waals surface area contributed by atoms with E-state index >= 15 is 0 Å². The molecule has 0 aliphatic rings. The molecule has 0 aliphatic heterocycles. The minimum Gasteiger partial charge on any atom is -0.321 e. The minimum atomic E-state index is -0.227. The number of carbonyl (C=O) groups is 2. The van der Waals surface area contributed by atoms with Gasteiger partial charge in [0.05, 0.1) is 5.69 Å². The molecule has 3 nitrogen and oxygen atoms in total. The maximum atomic E-state index is 12.3. The molecule has 0 atom stereocenters. The summed E-state index contributed by atoms with van der Waals surface area (Å²) in [5, 5.41) is 4.87. The van der Waals surface area contributed by atoms with Gasteiger partial charge < -0.3 is 5.32 Å². The van der Waals surface area contributed by atoms with Gasteiger partial charge in [-0.25, -0.2) is 0 Å². The molecular weight excluding hydrogens is 262 g/mol. The highest BCUT2D eigenvalue weighted by atomic mass is 16.1. The van der Waals surface area contributed by atoms with E-state index in [1.807, 2.05) is 36.4 Å². The Kier molecular flexibility index (Phi) is 3.48. The number of fused-ring (bicyclic) bond motifs is 1. The van der Waals surface area contributed by atoms with Crippen LogP contribution >= 0.6 is 0 Å². The molecular formula is C18H13NO2. The standard InChI is InChI=1S/C18H13NO2/c20-12-16-7-3-4-8-17(16)19-18(21)15-10-9-13-5-1-2-6-14(13)11-15/h1-12H,(H,19,21). The average Bonchev–Trinajstić information content (AvgIpc) is 2.55. The minimum absolute atomic E-state index is 0.227. The summed E-state index contributed by atoms with van der Waals surface area (Å²) in [5.74, 6) is -0.227. The lowest BCUT2D eigenvalue weighted by Crippen LogP contribution is -2.13. The van der Waals surface area contributed by atoms with Gasteiger partial charge in [-0.1, -0.05) is 42.5 Å². The van der Waals surface area contributed by atoms with Crippen LogP contribution in [0.4, 0.5) is 5.69 Å². The molecule has 0 radical (unpaired) electrons. The molecule has 1 N–H and O–H groups in total. The number of para-hydroxylation sites is 1. The number of aldehydes is 1. The van der Waals surface area contributed by atoms with Crippen LogP contribution in [0.25, 0.3) is 10.8 Å². The topological polar surface area (TPSA) is 46.2 Å². The maximum absolute atomic E-state index is 12.3. The molecule has 0 saturated carbocycles. The van der Waals surface area contributed by atoms with Gasteiger partial charge in [-0.3, -0.25) is 9.59 Å². The van der Waals surface area contributed by atoms with Crippen LogP contribution in [0.5, 0.6) is 0 Å². The van der Waals surface area contributed by atoms with Crippen molar-refractivity contribution in [3.8, 4) is 0 Å². The zero-order valence-corrected chi connectivity index (χ0v) is 11.2.